The van der Waals surface area contributed by atoms with Crippen molar-refractivity contribution in [3.63, 3.8) is 0 Å². The Kier molecular flexibility index (Phi) is 53.8. The van der Waals surface area contributed by atoms with Crippen molar-refractivity contribution >= 4 is 17.9 Å². The van der Waals surface area contributed by atoms with Gasteiger partial charge in [-0.3, -0.25) is 9.59 Å². The van der Waals surface area contributed by atoms with E-state index in [9.17, 15) is 19.5 Å². The van der Waals surface area contributed by atoms with E-state index in [0.29, 0.717) is 23.9 Å². The van der Waals surface area contributed by atoms with Crippen molar-refractivity contribution in [2.24, 2.45) is 0 Å². The number of rotatable bonds is 59. The van der Waals surface area contributed by atoms with Crippen molar-refractivity contribution in [3.8, 4) is 0 Å². The molecule has 2 unspecified atom stereocenters. The molecule has 0 bridgehead atoms. The molecule has 0 radical (unpaired) electrons. The predicted molar refractivity (Wildman–Crippen MR) is 302 cm³/mol. The molecule has 0 spiro atoms. The smallest absolute Gasteiger partial charge is 0.306 e. The summed E-state index contributed by atoms with van der Waals surface area (Å²) in [5.74, 6) is -2.27. The number of ether oxygens (including phenoxy) is 4. The highest BCUT2D eigenvalue weighted by atomic mass is 16.7. The zero-order valence-corrected chi connectivity index (χ0v) is 48.6. The van der Waals surface area contributed by atoms with Crippen LogP contribution in [0.4, 0.5) is 0 Å². The van der Waals surface area contributed by atoms with Crippen LogP contribution in [0.3, 0.4) is 0 Å². The third-order valence-corrected chi connectivity index (χ3v) is 14.3. The van der Waals surface area contributed by atoms with E-state index in [2.05, 4.69) is 26.0 Å². The molecule has 72 heavy (non-hydrogen) atoms. The van der Waals surface area contributed by atoms with Gasteiger partial charge in [-0.25, -0.2) is 0 Å². The Hall–Kier alpha value is -1.97. The van der Waals surface area contributed by atoms with Crippen molar-refractivity contribution in [2.45, 2.75) is 328 Å². The second-order valence-electron chi connectivity index (χ2n) is 22.7. The summed E-state index contributed by atoms with van der Waals surface area (Å²) in [4.78, 5) is 37.3. The van der Waals surface area contributed by atoms with Gasteiger partial charge in [0.2, 0.25) is 0 Å². The second-order valence-corrected chi connectivity index (χ2v) is 22.7. The number of likely N-dealkylation sites (N-methyl/N-ethyl adjacent to an activating group) is 1. The van der Waals surface area contributed by atoms with Gasteiger partial charge in [-0.2, -0.15) is 0 Å². The maximum atomic E-state index is 12.8. The Labute approximate surface area is 446 Å². The number of carbonyl (C=O) groups is 3. The Bertz CT molecular complexity index is 1190. The summed E-state index contributed by atoms with van der Waals surface area (Å²) in [7, 11) is 5.93. The average Bonchev–Trinajstić information content (AvgIpc) is 3.35. The SMILES string of the molecule is CCCCCCCC/C=C\CCCCCCCC(=O)OC(COC(=O)CCCCCCCCCCCCCCCCCCCCCCCCCCCCCCCCCC)COC(OCC[N+](C)(C)C)C(=O)[O-]. The van der Waals surface area contributed by atoms with Crippen LogP contribution in [0.2, 0.25) is 0 Å². The van der Waals surface area contributed by atoms with Gasteiger partial charge in [-0.05, 0) is 38.5 Å². The quantitative estimate of drug-likeness (QED) is 0.0195. The first kappa shape index (κ1) is 70.0. The summed E-state index contributed by atoms with van der Waals surface area (Å²) >= 11 is 0. The molecule has 0 aromatic heterocycles. The lowest BCUT2D eigenvalue weighted by Gasteiger charge is -2.26. The number of hydrogen-bond donors (Lipinski definition) is 0. The molecule has 9 heteroatoms. The van der Waals surface area contributed by atoms with E-state index in [1.54, 1.807) is 0 Å². The lowest BCUT2D eigenvalue weighted by atomic mass is 10.0. The lowest BCUT2D eigenvalue weighted by Crippen LogP contribution is -2.44. The molecule has 0 aliphatic heterocycles. The molecule has 0 amide bonds. The topological polar surface area (TPSA) is 111 Å². The van der Waals surface area contributed by atoms with E-state index in [4.69, 9.17) is 18.9 Å². The maximum absolute atomic E-state index is 12.8. The van der Waals surface area contributed by atoms with Crippen molar-refractivity contribution in [1.29, 1.82) is 0 Å². The summed E-state index contributed by atoms with van der Waals surface area (Å²) in [6, 6.07) is 0. The molecular formula is C63H121NO8. The number of aliphatic carboxylic acids is 1. The predicted octanol–water partition coefficient (Wildman–Crippen LogP) is 17.2. The minimum Gasteiger partial charge on any atom is -0.545 e. The van der Waals surface area contributed by atoms with Crippen LogP contribution >= 0.6 is 0 Å². The van der Waals surface area contributed by atoms with Gasteiger partial charge in [0.25, 0.3) is 0 Å². The summed E-state index contributed by atoms with van der Waals surface area (Å²) in [5.41, 5.74) is 0. The van der Waals surface area contributed by atoms with Crippen molar-refractivity contribution in [1.82, 2.24) is 0 Å². The van der Waals surface area contributed by atoms with Crippen LogP contribution < -0.4 is 5.11 Å². The van der Waals surface area contributed by atoms with Gasteiger partial charge in [0.05, 0.1) is 40.3 Å². The van der Waals surface area contributed by atoms with E-state index >= 15 is 0 Å². The fourth-order valence-electron chi connectivity index (χ4n) is 9.42. The van der Waals surface area contributed by atoms with E-state index in [1.165, 1.54) is 231 Å². The summed E-state index contributed by atoms with van der Waals surface area (Å²) < 4.78 is 22.7. The van der Waals surface area contributed by atoms with Crippen molar-refractivity contribution in [3.05, 3.63) is 12.2 Å². The molecule has 0 aromatic carbocycles. The van der Waals surface area contributed by atoms with Crippen LogP contribution in [-0.2, 0) is 33.3 Å². The Morgan fingerprint density at radius 2 is 0.708 bits per heavy atom. The number of carboxylic acids is 1. The third-order valence-electron chi connectivity index (χ3n) is 14.3. The van der Waals surface area contributed by atoms with Gasteiger partial charge in [0.15, 0.2) is 12.4 Å². The molecule has 0 heterocycles. The highest BCUT2D eigenvalue weighted by Crippen LogP contribution is 2.18. The lowest BCUT2D eigenvalue weighted by molar-refractivity contribution is -0.870. The van der Waals surface area contributed by atoms with E-state index in [-0.39, 0.29) is 32.2 Å². The fraction of sp³-hybridized carbons (Fsp3) is 0.921. The highest BCUT2D eigenvalue weighted by molar-refractivity contribution is 5.70. The first-order valence-electron chi connectivity index (χ1n) is 31.3. The van der Waals surface area contributed by atoms with Crippen LogP contribution in [0.5, 0.6) is 0 Å². The molecule has 0 saturated heterocycles. The number of esters is 2. The zero-order chi connectivity index (χ0) is 52.7. The number of unbranched alkanes of at least 4 members (excludes halogenated alkanes) is 42. The fourth-order valence-corrected chi connectivity index (χ4v) is 9.42. The van der Waals surface area contributed by atoms with Crippen molar-refractivity contribution < 1.29 is 42.9 Å². The molecule has 9 nitrogen and oxygen atoms in total. The number of hydrogen-bond acceptors (Lipinski definition) is 8. The Morgan fingerprint density at radius 3 is 1.03 bits per heavy atom. The van der Waals surface area contributed by atoms with Crippen molar-refractivity contribution in [2.75, 3.05) is 47.5 Å². The van der Waals surface area contributed by atoms with Crippen LogP contribution in [0.25, 0.3) is 0 Å². The second kappa shape index (κ2) is 55.3. The van der Waals surface area contributed by atoms with Gasteiger partial charge < -0.3 is 33.3 Å². The van der Waals surface area contributed by atoms with Gasteiger partial charge >= 0.3 is 11.9 Å². The first-order valence-corrected chi connectivity index (χ1v) is 31.3. The normalized spacial score (nSPS) is 12.7. The molecule has 0 fully saturated rings. The number of carboxylic acid groups (broad SMARTS) is 1. The molecule has 0 rings (SSSR count). The maximum Gasteiger partial charge on any atom is 0.306 e. The Morgan fingerprint density at radius 1 is 0.403 bits per heavy atom. The molecule has 0 aliphatic carbocycles. The largest absolute Gasteiger partial charge is 0.545 e. The summed E-state index contributed by atoms with van der Waals surface area (Å²) in [6.45, 7) is 4.79. The molecule has 0 N–H and O–H groups in total. The van der Waals surface area contributed by atoms with E-state index < -0.39 is 24.3 Å². The molecular weight excluding hydrogens is 899 g/mol. The molecule has 2 atom stereocenters. The molecule has 426 valence electrons. The van der Waals surface area contributed by atoms with Gasteiger partial charge in [0, 0.05) is 12.8 Å². The number of nitrogens with zero attached hydrogens (tertiary/aromatic N) is 1. The van der Waals surface area contributed by atoms with Crippen LogP contribution in [0, 0.1) is 0 Å². The first-order chi connectivity index (χ1) is 35.1. The van der Waals surface area contributed by atoms with Gasteiger partial charge in [0.1, 0.15) is 13.2 Å². The highest BCUT2D eigenvalue weighted by Gasteiger charge is 2.22. The van der Waals surface area contributed by atoms with Crippen LogP contribution in [0.15, 0.2) is 12.2 Å². The van der Waals surface area contributed by atoms with Crippen LogP contribution in [-0.4, -0.2) is 82.3 Å². The van der Waals surface area contributed by atoms with Gasteiger partial charge in [-0.1, -0.05) is 276 Å². The zero-order valence-electron chi connectivity index (χ0n) is 48.6. The van der Waals surface area contributed by atoms with Gasteiger partial charge in [-0.15, -0.1) is 0 Å². The minimum absolute atomic E-state index is 0.150. The molecule has 0 saturated carbocycles. The summed E-state index contributed by atoms with van der Waals surface area (Å²) in [6.07, 6.45) is 61.5. The molecule has 0 aliphatic rings. The monoisotopic (exact) mass is 1020 g/mol. The van der Waals surface area contributed by atoms with Crippen LogP contribution in [0.1, 0.15) is 316 Å². The Balaban J connectivity index is 4.01. The van der Waals surface area contributed by atoms with E-state index in [0.717, 1.165) is 51.4 Å². The van der Waals surface area contributed by atoms with E-state index in [1.807, 2.05) is 21.1 Å². The molecule has 0 aromatic rings. The standard InChI is InChI=1S/C63H121NO8/c1-6-8-10-12-14-16-18-20-22-23-24-25-26-27-28-29-30-31-32-33-34-35-36-37-38-40-41-43-45-47-49-51-53-60(65)70-57-59(58-71-63(62(67)68)69-56-55-64(3,4)5)72-61(66)54-52-50-48-46-44-42-39-21-19-17-15-13-11-9-7-2/h21,39,59,63H,6-20,22-38,40-58H2,1-5H3/b39-21-. The minimum atomic E-state index is -1.62. The number of carbonyl (C=O) groups excluding carboxylic acids is 3. The third kappa shape index (κ3) is 55.8. The summed E-state index contributed by atoms with van der Waals surface area (Å²) in [5, 5.41) is 11.8. The average molecular weight is 1020 g/mol. The number of quaternary nitrogens is 1. The number of allylic oxidation sites excluding steroid dienone is 2.